The van der Waals surface area contributed by atoms with Crippen LogP contribution in [-0.4, -0.2) is 69.4 Å². The predicted molar refractivity (Wildman–Crippen MR) is 125 cm³/mol. The number of ether oxygens (including phenoxy) is 1. The van der Waals surface area contributed by atoms with Crippen LogP contribution in [0.5, 0.6) is 0 Å². The number of rotatable bonds is 7. The molecule has 6 nitrogen and oxygen atoms in total. The van der Waals surface area contributed by atoms with Crippen molar-refractivity contribution in [1.82, 2.24) is 14.9 Å². The molecule has 2 aromatic rings. The molecule has 0 radical (unpaired) electrons. The minimum atomic E-state index is -0.627. The lowest BCUT2D eigenvalue weighted by molar-refractivity contribution is -0.0120. The van der Waals surface area contributed by atoms with Gasteiger partial charge in [-0.15, -0.1) is 11.3 Å². The van der Waals surface area contributed by atoms with Gasteiger partial charge in [0, 0.05) is 29.8 Å². The molecule has 0 aromatic carbocycles. The molecule has 0 bridgehead atoms. The number of aromatic nitrogens is 2. The Morgan fingerprint density at radius 1 is 1.27 bits per heavy atom. The molecule has 8 heteroatoms. The molecule has 1 saturated carbocycles. The fourth-order valence-corrected chi connectivity index (χ4v) is 7.31. The molecule has 0 spiro atoms. The third-order valence-corrected chi connectivity index (χ3v) is 9.29. The largest absolute Gasteiger partial charge is 0.387 e. The first-order chi connectivity index (χ1) is 14.7. The highest BCUT2D eigenvalue weighted by Gasteiger charge is 2.45. The molecule has 1 saturated heterocycles. The van der Waals surface area contributed by atoms with Gasteiger partial charge in [0.1, 0.15) is 16.5 Å². The van der Waals surface area contributed by atoms with Crippen molar-refractivity contribution in [1.29, 1.82) is 0 Å². The van der Waals surface area contributed by atoms with Gasteiger partial charge < -0.3 is 15.2 Å². The molecule has 2 aliphatic carbocycles. The normalized spacial score (nSPS) is 27.1. The van der Waals surface area contributed by atoms with Crippen LogP contribution in [0.2, 0.25) is 0 Å². The minimum Gasteiger partial charge on any atom is -0.387 e. The molecule has 2 atom stereocenters. The van der Waals surface area contributed by atoms with Crippen molar-refractivity contribution in [3.05, 3.63) is 16.3 Å². The zero-order valence-corrected chi connectivity index (χ0v) is 19.4. The summed E-state index contributed by atoms with van der Waals surface area (Å²) in [4.78, 5) is 14.9. The van der Waals surface area contributed by atoms with Gasteiger partial charge in [-0.05, 0) is 49.8 Å². The average molecular weight is 449 g/mol. The summed E-state index contributed by atoms with van der Waals surface area (Å²) in [7, 11) is 0. The van der Waals surface area contributed by atoms with Gasteiger partial charge in [-0.3, -0.25) is 4.90 Å². The molecule has 2 N–H and O–H groups in total. The van der Waals surface area contributed by atoms with Gasteiger partial charge in [0.15, 0.2) is 0 Å². The summed E-state index contributed by atoms with van der Waals surface area (Å²) in [6.07, 6.45) is 6.77. The Hall–Kier alpha value is -0.930. The second kappa shape index (κ2) is 8.90. The number of hydrogen-bond acceptors (Lipinski definition) is 8. The summed E-state index contributed by atoms with van der Waals surface area (Å²) in [5.74, 6) is 2.86. The summed E-state index contributed by atoms with van der Waals surface area (Å²) in [5, 5.41) is 16.2. The number of aliphatic hydroxyl groups is 1. The molecule has 0 amide bonds. The Balaban J connectivity index is 1.43. The fraction of sp³-hybridized carbons (Fsp3) is 0.727. The van der Waals surface area contributed by atoms with E-state index < -0.39 is 5.60 Å². The van der Waals surface area contributed by atoms with Crippen LogP contribution in [0.15, 0.2) is 0 Å². The van der Waals surface area contributed by atoms with Gasteiger partial charge in [0.25, 0.3) is 0 Å². The van der Waals surface area contributed by atoms with Crippen LogP contribution < -0.4 is 5.32 Å². The van der Waals surface area contributed by atoms with Crippen molar-refractivity contribution < 1.29 is 9.84 Å². The van der Waals surface area contributed by atoms with Crippen LogP contribution in [0.3, 0.4) is 0 Å². The van der Waals surface area contributed by atoms with Crippen LogP contribution in [-0.2, 0) is 24.1 Å². The molecule has 1 aliphatic heterocycles. The zero-order chi connectivity index (χ0) is 20.6. The van der Waals surface area contributed by atoms with E-state index in [1.807, 2.05) is 23.1 Å². The number of nitrogens with one attached hydrogen (secondary N) is 1. The maximum atomic E-state index is 11.1. The first-order valence-corrected chi connectivity index (χ1v) is 13.2. The smallest absolute Gasteiger partial charge is 0.146 e. The third-order valence-electron chi connectivity index (χ3n) is 6.70. The highest BCUT2D eigenvalue weighted by molar-refractivity contribution is 8.00. The molecular weight excluding hydrogens is 416 g/mol. The van der Waals surface area contributed by atoms with E-state index in [-0.39, 0.29) is 0 Å². The van der Waals surface area contributed by atoms with Crippen molar-refractivity contribution in [2.75, 3.05) is 43.9 Å². The Kier molecular flexibility index (Phi) is 6.21. The number of anilines is 1. The van der Waals surface area contributed by atoms with E-state index in [1.54, 1.807) is 0 Å². The molecule has 5 rings (SSSR count). The number of fused-ring (bicyclic) bond motifs is 3. The molecule has 164 valence electrons. The van der Waals surface area contributed by atoms with E-state index in [0.717, 1.165) is 80.8 Å². The third kappa shape index (κ3) is 4.09. The number of aryl methyl sites for hydroxylation is 2. The van der Waals surface area contributed by atoms with Crippen molar-refractivity contribution in [2.24, 2.45) is 0 Å². The maximum Gasteiger partial charge on any atom is 0.146 e. The van der Waals surface area contributed by atoms with Crippen LogP contribution >= 0.6 is 23.1 Å². The van der Waals surface area contributed by atoms with Gasteiger partial charge in [-0.25, -0.2) is 9.97 Å². The number of morpholine rings is 1. The Labute approximate surface area is 186 Å². The quantitative estimate of drug-likeness (QED) is 0.672. The van der Waals surface area contributed by atoms with Crippen molar-refractivity contribution in [2.45, 2.75) is 62.8 Å². The Morgan fingerprint density at radius 3 is 2.87 bits per heavy atom. The lowest BCUT2D eigenvalue weighted by Crippen LogP contribution is -2.54. The molecule has 2 unspecified atom stereocenters. The van der Waals surface area contributed by atoms with E-state index in [1.165, 1.54) is 28.7 Å². The van der Waals surface area contributed by atoms with E-state index in [0.29, 0.717) is 11.8 Å². The molecule has 2 aromatic heterocycles. The van der Waals surface area contributed by atoms with Gasteiger partial charge >= 0.3 is 0 Å². The van der Waals surface area contributed by atoms with Crippen molar-refractivity contribution in [3.8, 4) is 0 Å². The number of nitrogens with zero attached hydrogens (tertiary/aromatic N) is 3. The van der Waals surface area contributed by atoms with Crippen LogP contribution in [0.1, 0.15) is 48.9 Å². The van der Waals surface area contributed by atoms with E-state index >= 15 is 0 Å². The van der Waals surface area contributed by atoms with Crippen LogP contribution in [0, 0.1) is 0 Å². The van der Waals surface area contributed by atoms with Crippen molar-refractivity contribution >= 4 is 39.1 Å². The summed E-state index contributed by atoms with van der Waals surface area (Å²) in [6.45, 7) is 6.92. The monoisotopic (exact) mass is 448 g/mol. The fourth-order valence-electron chi connectivity index (χ4n) is 4.83. The standard InChI is InChI=1S/C22H32N4O2S2/c1-2-29-17-7-8-22(17,27)14-23-20-19-15-5-3-4-6-16(15)30-21(19)25-18(24-20)13-26-9-11-28-12-10-26/h17,27H,2-14H2,1H3,(H,23,24,25). The predicted octanol–water partition coefficient (Wildman–Crippen LogP) is 3.46. The summed E-state index contributed by atoms with van der Waals surface area (Å²) in [6, 6.07) is 0. The van der Waals surface area contributed by atoms with Gasteiger partial charge in [-0.1, -0.05) is 6.92 Å². The van der Waals surface area contributed by atoms with E-state index in [4.69, 9.17) is 14.7 Å². The first-order valence-electron chi connectivity index (χ1n) is 11.4. The summed E-state index contributed by atoms with van der Waals surface area (Å²) in [5.41, 5.74) is 0.819. The summed E-state index contributed by atoms with van der Waals surface area (Å²) >= 11 is 3.73. The molecule has 3 heterocycles. The minimum absolute atomic E-state index is 0.330. The number of hydrogen-bond donors (Lipinski definition) is 2. The Bertz CT molecular complexity index is 899. The topological polar surface area (TPSA) is 70.5 Å². The first kappa shape index (κ1) is 20.9. The van der Waals surface area contributed by atoms with Crippen LogP contribution in [0.4, 0.5) is 5.82 Å². The van der Waals surface area contributed by atoms with Gasteiger partial charge in [0.2, 0.25) is 0 Å². The van der Waals surface area contributed by atoms with E-state index in [2.05, 4.69) is 17.1 Å². The number of thioether (sulfide) groups is 1. The maximum absolute atomic E-state index is 11.1. The zero-order valence-electron chi connectivity index (χ0n) is 17.8. The molecule has 2 fully saturated rings. The van der Waals surface area contributed by atoms with Crippen molar-refractivity contribution in [3.63, 3.8) is 0 Å². The lowest BCUT2D eigenvalue weighted by Gasteiger charge is -2.45. The molecular formula is C22H32N4O2S2. The van der Waals surface area contributed by atoms with Gasteiger partial charge in [-0.2, -0.15) is 11.8 Å². The van der Waals surface area contributed by atoms with Crippen LogP contribution in [0.25, 0.3) is 10.2 Å². The number of thiophene rings is 1. The van der Waals surface area contributed by atoms with Gasteiger partial charge in [0.05, 0.1) is 30.7 Å². The molecule has 3 aliphatic rings. The second-order valence-electron chi connectivity index (χ2n) is 8.71. The Morgan fingerprint density at radius 2 is 2.10 bits per heavy atom. The average Bonchev–Trinajstić information content (AvgIpc) is 3.14. The second-order valence-corrected chi connectivity index (χ2v) is 11.3. The highest BCUT2D eigenvalue weighted by atomic mass is 32.2. The molecule has 30 heavy (non-hydrogen) atoms. The highest BCUT2D eigenvalue weighted by Crippen LogP contribution is 2.42. The summed E-state index contributed by atoms with van der Waals surface area (Å²) < 4.78 is 5.49. The van der Waals surface area contributed by atoms with E-state index in [9.17, 15) is 5.11 Å². The lowest BCUT2D eigenvalue weighted by atomic mass is 9.79. The SMILES string of the molecule is CCSC1CCC1(O)CNc1nc(CN2CCOCC2)nc2sc3c(c12)CCCC3.